The summed E-state index contributed by atoms with van der Waals surface area (Å²) in [5.74, 6) is 1.13. The Bertz CT molecular complexity index is 815. The van der Waals surface area contributed by atoms with Gasteiger partial charge in [0.15, 0.2) is 0 Å². The summed E-state index contributed by atoms with van der Waals surface area (Å²) in [6.45, 7) is 4.00. The van der Waals surface area contributed by atoms with Crippen molar-refractivity contribution in [1.82, 2.24) is 10.3 Å². The molecule has 8 heteroatoms. The van der Waals surface area contributed by atoms with Gasteiger partial charge >= 0.3 is 6.18 Å². The third-order valence-corrected chi connectivity index (χ3v) is 5.11. The largest absolute Gasteiger partial charge is 0.494 e. The summed E-state index contributed by atoms with van der Waals surface area (Å²) in [7, 11) is 0. The first kappa shape index (κ1) is 21.9. The molecular formula is C22H26F3N3O2. The summed E-state index contributed by atoms with van der Waals surface area (Å²) in [6.07, 6.45) is -0.0715. The number of unbranched alkanes of at least 4 members (excludes halogenated alkanes) is 1. The van der Waals surface area contributed by atoms with Gasteiger partial charge in [0.25, 0.3) is 5.91 Å². The lowest BCUT2D eigenvalue weighted by Gasteiger charge is -2.33. The number of nitrogens with zero attached hydrogens (tertiary/aromatic N) is 2. The number of aromatic nitrogens is 1. The molecule has 0 unspecified atom stereocenters. The number of hydrogen-bond acceptors (Lipinski definition) is 4. The molecule has 1 aromatic heterocycles. The van der Waals surface area contributed by atoms with Crippen LogP contribution < -0.4 is 15.0 Å². The zero-order valence-corrected chi connectivity index (χ0v) is 16.9. The van der Waals surface area contributed by atoms with Crippen LogP contribution in [-0.2, 0) is 6.18 Å². The predicted molar refractivity (Wildman–Crippen MR) is 109 cm³/mol. The molecule has 162 valence electrons. The molecule has 0 aliphatic carbocycles. The van der Waals surface area contributed by atoms with Crippen LogP contribution >= 0.6 is 0 Å². The molecule has 1 fully saturated rings. The maximum atomic E-state index is 12.7. The molecule has 1 saturated heterocycles. The molecule has 0 saturated carbocycles. The SMILES string of the molecule is CCCCOc1ccc(C(=O)NC2CCN(c3ccc(C(F)(F)F)cn3)CC2)cc1. The quantitative estimate of drug-likeness (QED) is 0.660. The number of piperidine rings is 1. The Hall–Kier alpha value is -2.77. The Morgan fingerprint density at radius 1 is 1.17 bits per heavy atom. The molecule has 5 nitrogen and oxygen atoms in total. The van der Waals surface area contributed by atoms with Gasteiger partial charge in [-0.05, 0) is 55.7 Å². The highest BCUT2D eigenvalue weighted by Gasteiger charge is 2.31. The maximum absolute atomic E-state index is 12.7. The van der Waals surface area contributed by atoms with Gasteiger partial charge in [-0.1, -0.05) is 13.3 Å². The van der Waals surface area contributed by atoms with Crippen LogP contribution in [-0.4, -0.2) is 36.6 Å². The van der Waals surface area contributed by atoms with Crippen LogP contribution in [0, 0.1) is 0 Å². The molecule has 3 rings (SSSR count). The molecule has 1 N–H and O–H groups in total. The van der Waals surface area contributed by atoms with Crippen LogP contribution in [0.25, 0.3) is 0 Å². The fourth-order valence-corrected chi connectivity index (χ4v) is 3.30. The number of nitrogens with one attached hydrogen (secondary N) is 1. The van der Waals surface area contributed by atoms with Crippen LogP contribution in [0.2, 0.25) is 0 Å². The number of rotatable bonds is 7. The van der Waals surface area contributed by atoms with E-state index in [1.165, 1.54) is 6.07 Å². The van der Waals surface area contributed by atoms with Gasteiger partial charge in [-0.25, -0.2) is 4.98 Å². The average Bonchev–Trinajstić information content (AvgIpc) is 2.74. The number of alkyl halides is 3. The highest BCUT2D eigenvalue weighted by molar-refractivity contribution is 5.94. The second kappa shape index (κ2) is 9.82. The van der Waals surface area contributed by atoms with Crippen molar-refractivity contribution in [1.29, 1.82) is 0 Å². The summed E-state index contributed by atoms with van der Waals surface area (Å²) in [4.78, 5) is 18.4. The lowest BCUT2D eigenvalue weighted by atomic mass is 10.0. The molecule has 2 aromatic rings. The number of carbonyl (C=O) groups is 1. The molecule has 2 heterocycles. The molecule has 1 aromatic carbocycles. The molecule has 0 spiro atoms. The van der Waals surface area contributed by atoms with E-state index in [-0.39, 0.29) is 11.9 Å². The second-order valence-electron chi connectivity index (χ2n) is 7.36. The van der Waals surface area contributed by atoms with Crippen molar-refractivity contribution >= 4 is 11.7 Å². The third-order valence-electron chi connectivity index (χ3n) is 5.11. The standard InChI is InChI=1S/C22H26F3N3O2/c1-2-3-14-30-19-7-4-16(5-8-19)21(29)27-18-10-12-28(13-11-18)20-9-6-17(15-26-20)22(23,24)25/h4-9,15,18H,2-3,10-14H2,1H3,(H,27,29). The van der Waals surface area contributed by atoms with Crippen molar-refractivity contribution in [2.75, 3.05) is 24.6 Å². The molecule has 1 aliphatic heterocycles. The predicted octanol–water partition coefficient (Wildman–Crippen LogP) is 4.68. The Kier molecular flexibility index (Phi) is 7.18. The van der Waals surface area contributed by atoms with Gasteiger partial charge in [0, 0.05) is 30.9 Å². The highest BCUT2D eigenvalue weighted by Crippen LogP contribution is 2.29. The number of anilines is 1. The van der Waals surface area contributed by atoms with Crippen molar-refractivity contribution in [2.24, 2.45) is 0 Å². The first-order valence-corrected chi connectivity index (χ1v) is 10.2. The summed E-state index contributed by atoms with van der Waals surface area (Å²) >= 11 is 0. The molecule has 1 amide bonds. The summed E-state index contributed by atoms with van der Waals surface area (Å²) in [5.41, 5.74) is -0.181. The van der Waals surface area contributed by atoms with E-state index in [2.05, 4.69) is 17.2 Å². The van der Waals surface area contributed by atoms with Crippen molar-refractivity contribution in [3.63, 3.8) is 0 Å². The van der Waals surface area contributed by atoms with Gasteiger partial charge in [-0.3, -0.25) is 4.79 Å². The van der Waals surface area contributed by atoms with Crippen molar-refractivity contribution in [2.45, 2.75) is 44.8 Å². The normalized spacial score (nSPS) is 15.1. The smallest absolute Gasteiger partial charge is 0.417 e. The van der Waals surface area contributed by atoms with E-state index in [1.54, 1.807) is 24.3 Å². The van der Waals surface area contributed by atoms with Crippen LogP contribution in [0.3, 0.4) is 0 Å². The van der Waals surface area contributed by atoms with Crippen molar-refractivity contribution in [3.05, 3.63) is 53.7 Å². The molecular weight excluding hydrogens is 395 g/mol. The van der Waals surface area contributed by atoms with Gasteiger partial charge in [-0.15, -0.1) is 0 Å². The average molecular weight is 421 g/mol. The van der Waals surface area contributed by atoms with Crippen LogP contribution in [0.5, 0.6) is 5.75 Å². The van der Waals surface area contributed by atoms with Crippen LogP contribution in [0.4, 0.5) is 19.0 Å². The summed E-state index contributed by atoms with van der Waals surface area (Å²) in [6, 6.07) is 9.55. The third kappa shape index (κ3) is 5.87. The molecule has 0 radical (unpaired) electrons. The zero-order valence-electron chi connectivity index (χ0n) is 16.9. The lowest BCUT2D eigenvalue weighted by molar-refractivity contribution is -0.137. The van der Waals surface area contributed by atoms with Gasteiger partial charge in [0.1, 0.15) is 11.6 Å². The van der Waals surface area contributed by atoms with Crippen molar-refractivity contribution in [3.8, 4) is 5.75 Å². The van der Waals surface area contributed by atoms with Crippen LogP contribution in [0.15, 0.2) is 42.6 Å². The number of pyridine rings is 1. The Morgan fingerprint density at radius 3 is 2.43 bits per heavy atom. The van der Waals surface area contributed by atoms with E-state index in [0.717, 1.165) is 30.9 Å². The molecule has 0 bridgehead atoms. The first-order valence-electron chi connectivity index (χ1n) is 10.2. The van der Waals surface area contributed by atoms with E-state index < -0.39 is 11.7 Å². The van der Waals surface area contributed by atoms with Gasteiger partial charge in [0.05, 0.1) is 12.2 Å². The van der Waals surface area contributed by atoms with E-state index in [9.17, 15) is 18.0 Å². The summed E-state index contributed by atoms with van der Waals surface area (Å²) in [5, 5.41) is 3.03. The highest BCUT2D eigenvalue weighted by atomic mass is 19.4. The second-order valence-corrected chi connectivity index (χ2v) is 7.36. The van der Waals surface area contributed by atoms with Crippen LogP contribution in [0.1, 0.15) is 48.5 Å². The minimum Gasteiger partial charge on any atom is -0.494 e. The number of halogens is 3. The summed E-state index contributed by atoms with van der Waals surface area (Å²) < 4.78 is 43.6. The number of ether oxygens (including phenoxy) is 1. The first-order chi connectivity index (χ1) is 14.4. The maximum Gasteiger partial charge on any atom is 0.417 e. The zero-order chi connectivity index (χ0) is 21.6. The Morgan fingerprint density at radius 2 is 1.87 bits per heavy atom. The van der Waals surface area contributed by atoms with Gasteiger partial charge < -0.3 is 15.0 Å². The number of carbonyl (C=O) groups excluding carboxylic acids is 1. The van der Waals surface area contributed by atoms with E-state index in [4.69, 9.17) is 4.74 Å². The van der Waals surface area contributed by atoms with Gasteiger partial charge in [0.2, 0.25) is 0 Å². The van der Waals surface area contributed by atoms with E-state index in [0.29, 0.717) is 43.9 Å². The number of benzene rings is 1. The topological polar surface area (TPSA) is 54.5 Å². The number of hydrogen-bond donors (Lipinski definition) is 1. The Balaban J connectivity index is 1.47. The van der Waals surface area contributed by atoms with Crippen molar-refractivity contribution < 1.29 is 22.7 Å². The van der Waals surface area contributed by atoms with Gasteiger partial charge in [-0.2, -0.15) is 13.2 Å². The minimum absolute atomic E-state index is 0.0173. The fraction of sp³-hybridized carbons (Fsp3) is 0.455. The Labute approximate surface area is 174 Å². The monoisotopic (exact) mass is 421 g/mol. The van der Waals surface area contributed by atoms with E-state index >= 15 is 0 Å². The molecule has 30 heavy (non-hydrogen) atoms. The molecule has 0 atom stereocenters. The fourth-order valence-electron chi connectivity index (χ4n) is 3.30. The minimum atomic E-state index is -4.39. The lowest BCUT2D eigenvalue weighted by Crippen LogP contribution is -2.45. The number of amides is 1. The van der Waals surface area contributed by atoms with E-state index in [1.807, 2.05) is 4.90 Å². The molecule has 1 aliphatic rings.